The number of hydrogen-bond acceptors (Lipinski definition) is 6. The molecule has 2 heterocycles. The molecule has 1 saturated carbocycles. The summed E-state index contributed by atoms with van der Waals surface area (Å²) in [6.07, 6.45) is 7.64. The van der Waals surface area contributed by atoms with Gasteiger partial charge in [0.05, 0.1) is 8.85 Å². The quantitative estimate of drug-likeness (QED) is 0.865. The van der Waals surface area contributed by atoms with Crippen LogP contribution in [-0.4, -0.2) is 35.8 Å². The minimum absolute atomic E-state index is 0.0780. The molecule has 1 aromatic heterocycles. The van der Waals surface area contributed by atoms with E-state index in [1.165, 1.54) is 6.33 Å². The molecule has 0 bridgehead atoms. The molecule has 0 amide bonds. The number of nitrogens with zero attached hydrogens (tertiary/aromatic N) is 3. The summed E-state index contributed by atoms with van der Waals surface area (Å²) in [5, 5.41) is 0. The number of aliphatic imine (C=N–C) groups is 1. The standard InChI is InChI=1S/C22H26N4O2/c1-14-18(11-24-13-25-14)15-3-4-16-10-21(7-5-17(27-2)6-8-21)22(19(16)9-15)12-28-20(23)26-22/h3-4,9,11,13,17H,5-8,10,12H2,1-2H3,(H2,23,26)/t17-,21-,22-/m0/s1/i12D2. The van der Waals surface area contributed by atoms with Crippen molar-refractivity contribution in [1.82, 2.24) is 9.97 Å². The maximum atomic E-state index is 8.86. The van der Waals surface area contributed by atoms with Crippen molar-refractivity contribution in [2.75, 3.05) is 13.7 Å². The van der Waals surface area contributed by atoms with Crippen LogP contribution < -0.4 is 5.73 Å². The predicted molar refractivity (Wildman–Crippen MR) is 107 cm³/mol. The van der Waals surface area contributed by atoms with Crippen LogP contribution in [0.25, 0.3) is 11.1 Å². The summed E-state index contributed by atoms with van der Waals surface area (Å²) >= 11 is 0. The Hall–Kier alpha value is -2.47. The number of nitrogens with two attached hydrogens (primary N) is 1. The molecule has 6 nitrogen and oxygen atoms in total. The van der Waals surface area contributed by atoms with Gasteiger partial charge in [-0.1, -0.05) is 12.1 Å². The number of rotatable bonds is 2. The van der Waals surface area contributed by atoms with Gasteiger partial charge in [-0.3, -0.25) is 0 Å². The van der Waals surface area contributed by atoms with Crippen molar-refractivity contribution in [2.24, 2.45) is 16.1 Å². The van der Waals surface area contributed by atoms with Crippen LogP contribution in [0.1, 0.15) is 45.2 Å². The smallest absolute Gasteiger partial charge is 0.283 e. The van der Waals surface area contributed by atoms with Gasteiger partial charge in [0.25, 0.3) is 6.02 Å². The van der Waals surface area contributed by atoms with E-state index in [0.29, 0.717) is 0 Å². The summed E-state index contributed by atoms with van der Waals surface area (Å²) in [6, 6.07) is 6.12. The van der Waals surface area contributed by atoms with E-state index in [0.717, 1.165) is 60.1 Å². The zero-order valence-corrected chi connectivity index (χ0v) is 16.2. The van der Waals surface area contributed by atoms with Crippen LogP contribution in [0.3, 0.4) is 0 Å². The Morgan fingerprint density at radius 1 is 1.32 bits per heavy atom. The first-order chi connectivity index (χ1) is 14.3. The molecule has 28 heavy (non-hydrogen) atoms. The summed E-state index contributed by atoms with van der Waals surface area (Å²) in [5.41, 5.74) is 9.14. The average Bonchev–Trinajstić information content (AvgIpc) is 3.13. The molecule has 6 heteroatoms. The zero-order valence-electron chi connectivity index (χ0n) is 18.2. The number of amidine groups is 1. The Balaban J connectivity index is 1.70. The van der Waals surface area contributed by atoms with Crippen molar-refractivity contribution in [2.45, 2.75) is 50.7 Å². The van der Waals surface area contributed by atoms with E-state index in [2.05, 4.69) is 22.1 Å². The fourth-order valence-electron chi connectivity index (χ4n) is 5.28. The van der Waals surface area contributed by atoms with Crippen molar-refractivity contribution in [3.05, 3.63) is 47.5 Å². The van der Waals surface area contributed by atoms with E-state index in [4.69, 9.17) is 22.9 Å². The van der Waals surface area contributed by atoms with Gasteiger partial charge in [-0.15, -0.1) is 0 Å². The molecule has 1 aromatic carbocycles. The largest absolute Gasteiger partial charge is 0.462 e. The minimum atomic E-state index is -2.02. The minimum Gasteiger partial charge on any atom is -0.462 e. The molecule has 2 N–H and O–H groups in total. The molecule has 1 fully saturated rings. The van der Waals surface area contributed by atoms with Gasteiger partial charge in [-0.25, -0.2) is 15.0 Å². The van der Waals surface area contributed by atoms with Crippen molar-refractivity contribution in [3.8, 4) is 11.1 Å². The fourth-order valence-corrected chi connectivity index (χ4v) is 5.28. The van der Waals surface area contributed by atoms with E-state index < -0.39 is 17.5 Å². The molecule has 2 spiro atoms. The Morgan fingerprint density at radius 2 is 2.14 bits per heavy atom. The molecule has 1 aliphatic heterocycles. The molecule has 5 rings (SSSR count). The van der Waals surface area contributed by atoms with E-state index in [1.807, 2.05) is 13.0 Å². The number of benzene rings is 1. The van der Waals surface area contributed by atoms with Gasteiger partial charge >= 0.3 is 0 Å². The number of aryl methyl sites for hydroxylation is 1. The van der Waals surface area contributed by atoms with Gasteiger partial charge in [-0.05, 0) is 61.8 Å². The fraction of sp³-hybridized carbons (Fsp3) is 0.500. The van der Waals surface area contributed by atoms with Crippen LogP contribution in [0.2, 0.25) is 0 Å². The van der Waals surface area contributed by atoms with Gasteiger partial charge in [0.1, 0.15) is 18.4 Å². The van der Waals surface area contributed by atoms with Gasteiger partial charge in [0.2, 0.25) is 0 Å². The number of aromatic nitrogens is 2. The van der Waals surface area contributed by atoms with Crippen LogP contribution >= 0.6 is 0 Å². The molecule has 2 aromatic rings. The molecule has 0 radical (unpaired) electrons. The molecule has 146 valence electrons. The lowest BCUT2D eigenvalue weighted by molar-refractivity contribution is -0.00983. The lowest BCUT2D eigenvalue weighted by Gasteiger charge is -2.45. The maximum Gasteiger partial charge on any atom is 0.283 e. The molecule has 1 atom stereocenters. The van der Waals surface area contributed by atoms with E-state index in [-0.39, 0.29) is 12.1 Å². The Kier molecular flexibility index (Phi) is 3.46. The molecular weight excluding hydrogens is 352 g/mol. The molecule has 2 aliphatic carbocycles. The summed E-state index contributed by atoms with van der Waals surface area (Å²) < 4.78 is 28.8. The lowest BCUT2D eigenvalue weighted by atomic mass is 9.62. The summed E-state index contributed by atoms with van der Waals surface area (Å²) in [4.78, 5) is 13.2. The third-order valence-electron chi connectivity index (χ3n) is 6.82. The average molecular weight is 380 g/mol. The first-order valence-corrected chi connectivity index (χ1v) is 9.79. The topological polar surface area (TPSA) is 82.6 Å². The first-order valence-electron chi connectivity index (χ1n) is 10.8. The highest BCUT2D eigenvalue weighted by molar-refractivity contribution is 5.76. The van der Waals surface area contributed by atoms with Crippen molar-refractivity contribution in [1.29, 1.82) is 0 Å². The summed E-state index contributed by atoms with van der Waals surface area (Å²) in [6.45, 7) is -0.0787. The van der Waals surface area contributed by atoms with Crippen molar-refractivity contribution < 1.29 is 12.2 Å². The number of methoxy groups -OCH3 is 1. The van der Waals surface area contributed by atoms with Crippen LogP contribution in [-0.2, 0) is 21.4 Å². The zero-order chi connectivity index (χ0) is 21.1. The van der Waals surface area contributed by atoms with Crippen molar-refractivity contribution >= 4 is 6.02 Å². The summed E-state index contributed by atoms with van der Waals surface area (Å²) in [7, 11) is 1.74. The molecule has 0 saturated heterocycles. The number of ether oxygens (including phenoxy) is 2. The van der Waals surface area contributed by atoms with E-state index in [9.17, 15) is 0 Å². The van der Waals surface area contributed by atoms with Crippen LogP contribution in [0.5, 0.6) is 0 Å². The number of fused-ring (bicyclic) bond motifs is 3. The monoisotopic (exact) mass is 380 g/mol. The third kappa shape index (κ3) is 2.40. The lowest BCUT2D eigenvalue weighted by Crippen LogP contribution is -2.46. The Morgan fingerprint density at radius 3 is 2.82 bits per heavy atom. The molecular formula is C22H26N4O2. The van der Waals surface area contributed by atoms with Gasteiger partial charge in [-0.2, -0.15) is 0 Å². The molecule has 0 unspecified atom stereocenters. The second-order valence-electron chi connectivity index (χ2n) is 8.15. The highest BCUT2D eigenvalue weighted by Crippen LogP contribution is 2.61. The second kappa shape index (κ2) is 6.27. The van der Waals surface area contributed by atoms with E-state index in [1.54, 1.807) is 13.3 Å². The van der Waals surface area contributed by atoms with Gasteiger partial charge in [0.15, 0.2) is 0 Å². The normalized spacial score (nSPS) is 33.9. The van der Waals surface area contributed by atoms with Crippen molar-refractivity contribution in [3.63, 3.8) is 0 Å². The molecule has 3 aliphatic rings. The van der Waals surface area contributed by atoms with Crippen LogP contribution in [0.4, 0.5) is 0 Å². The third-order valence-corrected chi connectivity index (χ3v) is 6.82. The Bertz CT molecular complexity index is 1030. The van der Waals surface area contributed by atoms with Crippen LogP contribution in [0, 0.1) is 12.3 Å². The van der Waals surface area contributed by atoms with E-state index >= 15 is 0 Å². The van der Waals surface area contributed by atoms with Gasteiger partial charge < -0.3 is 15.2 Å². The number of hydrogen-bond donors (Lipinski definition) is 1. The first kappa shape index (κ1) is 15.5. The highest BCUT2D eigenvalue weighted by atomic mass is 16.5. The summed E-state index contributed by atoms with van der Waals surface area (Å²) in [5.74, 6) is 0. The van der Waals surface area contributed by atoms with Gasteiger partial charge in [0, 0.05) is 30.0 Å². The predicted octanol–water partition coefficient (Wildman–Crippen LogP) is 3.12. The van der Waals surface area contributed by atoms with Crippen LogP contribution in [0.15, 0.2) is 35.7 Å². The second-order valence-corrected chi connectivity index (χ2v) is 8.15. The maximum absolute atomic E-state index is 8.86. The highest BCUT2D eigenvalue weighted by Gasteiger charge is 2.61. The SMILES string of the molecule is [2H]C1([2H])OC(N)=N[C@]12c1cc(-c3cncnc3C)ccc1C[C@]21CC[C@@H](OC)CC1. The Labute approximate surface area is 168 Å².